The van der Waals surface area contributed by atoms with E-state index in [1.165, 1.54) is 17.3 Å². The predicted molar refractivity (Wildman–Crippen MR) is 73.9 cm³/mol. The van der Waals surface area contributed by atoms with Crippen molar-refractivity contribution in [1.82, 2.24) is 0 Å². The van der Waals surface area contributed by atoms with Crippen LogP contribution < -0.4 is 5.30 Å². The minimum Gasteiger partial charge on any atom is -0.0827 e. The van der Waals surface area contributed by atoms with E-state index >= 15 is 0 Å². The van der Waals surface area contributed by atoms with Crippen molar-refractivity contribution < 1.29 is 0 Å². The van der Waals surface area contributed by atoms with Crippen molar-refractivity contribution in [2.45, 2.75) is 19.0 Å². The van der Waals surface area contributed by atoms with Gasteiger partial charge < -0.3 is 0 Å². The maximum absolute atomic E-state index is 2.27. The smallest absolute Gasteiger partial charge is 0.00520 e. The van der Waals surface area contributed by atoms with E-state index in [9.17, 15) is 0 Å². The maximum Gasteiger partial charge on any atom is 0.00520 e. The number of hydrogen-bond acceptors (Lipinski definition) is 0. The first-order valence-electron chi connectivity index (χ1n) is 5.76. The average molecular weight is 228 g/mol. The zero-order chi connectivity index (χ0) is 11.2. The lowest BCUT2D eigenvalue weighted by molar-refractivity contribution is 0.892. The van der Waals surface area contributed by atoms with Crippen LogP contribution in [0.3, 0.4) is 0 Å². The Morgan fingerprint density at radius 3 is 2.00 bits per heavy atom. The fourth-order valence-corrected chi connectivity index (χ4v) is 3.19. The molecule has 2 aromatic rings. The van der Waals surface area contributed by atoms with Crippen LogP contribution in [0.15, 0.2) is 60.7 Å². The molecule has 16 heavy (non-hydrogen) atoms. The van der Waals surface area contributed by atoms with E-state index in [-0.39, 0.29) is 0 Å². The maximum atomic E-state index is 2.27. The van der Waals surface area contributed by atoms with Crippen LogP contribution in [-0.4, -0.2) is 0 Å². The number of hydrogen-bond donors (Lipinski definition) is 0. The normalized spacial score (nSPS) is 13.1. The van der Waals surface area contributed by atoms with E-state index < -0.39 is 0 Å². The van der Waals surface area contributed by atoms with Crippen molar-refractivity contribution in [2.24, 2.45) is 0 Å². The lowest BCUT2D eigenvalue weighted by Gasteiger charge is -2.15. The van der Waals surface area contributed by atoms with E-state index in [1.807, 2.05) is 0 Å². The van der Waals surface area contributed by atoms with Crippen molar-refractivity contribution in [3.63, 3.8) is 0 Å². The summed E-state index contributed by atoms with van der Waals surface area (Å²) in [5.74, 6) is 0. The molecule has 0 aromatic heterocycles. The number of rotatable bonds is 4. The van der Waals surface area contributed by atoms with E-state index in [0.717, 1.165) is 8.58 Å². The summed E-state index contributed by atoms with van der Waals surface area (Å²) < 4.78 is 0. The van der Waals surface area contributed by atoms with Gasteiger partial charge in [-0.3, -0.25) is 0 Å². The standard InChI is InChI=1S/C15H17P/c1-2-15(13-9-5-3-6-10-13)16-14-11-7-4-8-12-14/h3-12,15-16H,2H2,1H3. The van der Waals surface area contributed by atoms with E-state index in [2.05, 4.69) is 67.6 Å². The molecule has 0 aliphatic rings. The topological polar surface area (TPSA) is 0 Å². The van der Waals surface area contributed by atoms with Gasteiger partial charge in [-0.15, -0.1) is 0 Å². The van der Waals surface area contributed by atoms with Crippen molar-refractivity contribution in [3.05, 3.63) is 66.2 Å². The molecular formula is C15H17P. The summed E-state index contributed by atoms with van der Waals surface area (Å²) >= 11 is 0. The van der Waals surface area contributed by atoms with Gasteiger partial charge in [0.2, 0.25) is 0 Å². The molecule has 2 atom stereocenters. The van der Waals surface area contributed by atoms with Crippen LogP contribution in [-0.2, 0) is 0 Å². The Balaban J connectivity index is 2.13. The molecule has 0 heterocycles. The largest absolute Gasteiger partial charge is 0.0827 e. The first kappa shape index (κ1) is 11.4. The van der Waals surface area contributed by atoms with E-state index in [0.29, 0.717) is 5.66 Å². The molecule has 0 saturated heterocycles. The summed E-state index contributed by atoms with van der Waals surface area (Å²) in [6, 6.07) is 21.6. The third-order valence-corrected chi connectivity index (χ3v) is 4.48. The lowest BCUT2D eigenvalue weighted by Crippen LogP contribution is -1.98. The summed E-state index contributed by atoms with van der Waals surface area (Å²) in [6.07, 6.45) is 1.21. The Kier molecular flexibility index (Phi) is 4.13. The molecule has 0 spiro atoms. The molecular weight excluding hydrogens is 211 g/mol. The van der Waals surface area contributed by atoms with Gasteiger partial charge in [0.15, 0.2) is 0 Å². The SMILES string of the molecule is CCC(Pc1ccccc1)c1ccccc1. The monoisotopic (exact) mass is 228 g/mol. The Morgan fingerprint density at radius 1 is 0.875 bits per heavy atom. The highest BCUT2D eigenvalue weighted by Gasteiger charge is 2.08. The van der Waals surface area contributed by atoms with Crippen molar-refractivity contribution in [1.29, 1.82) is 0 Å². The Labute approximate surface area is 99.5 Å². The quantitative estimate of drug-likeness (QED) is 0.690. The fourth-order valence-electron chi connectivity index (χ4n) is 1.84. The van der Waals surface area contributed by atoms with Crippen molar-refractivity contribution in [2.75, 3.05) is 0 Å². The second kappa shape index (κ2) is 5.82. The molecule has 82 valence electrons. The summed E-state index contributed by atoms with van der Waals surface area (Å²) in [4.78, 5) is 0. The Hall–Kier alpha value is -1.13. The van der Waals surface area contributed by atoms with Gasteiger partial charge in [-0.05, 0) is 17.3 Å². The summed E-state index contributed by atoms with van der Waals surface area (Å²) in [7, 11) is 0.873. The molecule has 0 aliphatic heterocycles. The summed E-state index contributed by atoms with van der Waals surface area (Å²) in [5.41, 5.74) is 2.13. The molecule has 0 N–H and O–H groups in total. The van der Waals surface area contributed by atoms with Gasteiger partial charge in [0.05, 0.1) is 0 Å². The van der Waals surface area contributed by atoms with Crippen LogP contribution in [0.4, 0.5) is 0 Å². The van der Waals surface area contributed by atoms with Gasteiger partial charge in [-0.1, -0.05) is 76.2 Å². The second-order valence-corrected chi connectivity index (χ2v) is 5.44. The molecule has 0 saturated carbocycles. The van der Waals surface area contributed by atoms with Crippen LogP contribution in [0, 0.1) is 0 Å². The third-order valence-electron chi connectivity index (χ3n) is 2.72. The first-order valence-corrected chi connectivity index (χ1v) is 6.84. The van der Waals surface area contributed by atoms with Gasteiger partial charge in [-0.2, -0.15) is 0 Å². The molecule has 0 amide bonds. The van der Waals surface area contributed by atoms with Gasteiger partial charge in [0.1, 0.15) is 0 Å². The van der Waals surface area contributed by atoms with E-state index in [4.69, 9.17) is 0 Å². The zero-order valence-corrected chi connectivity index (χ0v) is 10.6. The highest BCUT2D eigenvalue weighted by Crippen LogP contribution is 2.36. The predicted octanol–water partition coefficient (Wildman–Crippen LogP) is 4.14. The average Bonchev–Trinajstić information content (AvgIpc) is 2.38. The number of benzene rings is 2. The minimum absolute atomic E-state index is 0.670. The molecule has 0 aliphatic carbocycles. The van der Waals surface area contributed by atoms with Gasteiger partial charge in [0.25, 0.3) is 0 Å². The van der Waals surface area contributed by atoms with Crippen molar-refractivity contribution in [3.8, 4) is 0 Å². The first-order chi connectivity index (χ1) is 7.90. The molecule has 0 fully saturated rings. The Morgan fingerprint density at radius 2 is 1.44 bits per heavy atom. The highest BCUT2D eigenvalue weighted by atomic mass is 31.1. The Bertz CT molecular complexity index is 408. The second-order valence-electron chi connectivity index (χ2n) is 3.88. The highest BCUT2D eigenvalue weighted by molar-refractivity contribution is 7.47. The molecule has 0 radical (unpaired) electrons. The molecule has 2 unspecified atom stereocenters. The molecule has 1 heteroatoms. The minimum atomic E-state index is 0.670. The van der Waals surface area contributed by atoms with Gasteiger partial charge in [-0.25, -0.2) is 0 Å². The lowest BCUT2D eigenvalue weighted by atomic mass is 10.1. The zero-order valence-electron chi connectivity index (χ0n) is 9.56. The van der Waals surface area contributed by atoms with Crippen LogP contribution in [0.25, 0.3) is 0 Å². The van der Waals surface area contributed by atoms with Crippen LogP contribution >= 0.6 is 8.58 Å². The fraction of sp³-hybridized carbons (Fsp3) is 0.200. The summed E-state index contributed by atoms with van der Waals surface area (Å²) in [6.45, 7) is 2.27. The molecule has 2 aromatic carbocycles. The summed E-state index contributed by atoms with van der Waals surface area (Å²) in [5, 5.41) is 1.46. The van der Waals surface area contributed by atoms with Crippen LogP contribution in [0.2, 0.25) is 0 Å². The molecule has 0 bridgehead atoms. The van der Waals surface area contributed by atoms with Crippen LogP contribution in [0.1, 0.15) is 24.6 Å². The van der Waals surface area contributed by atoms with Gasteiger partial charge in [0, 0.05) is 5.66 Å². The molecule has 0 nitrogen and oxygen atoms in total. The van der Waals surface area contributed by atoms with Crippen molar-refractivity contribution >= 4 is 13.9 Å². The van der Waals surface area contributed by atoms with Crippen LogP contribution in [0.5, 0.6) is 0 Å². The van der Waals surface area contributed by atoms with Gasteiger partial charge >= 0.3 is 0 Å². The molecule has 2 rings (SSSR count). The third kappa shape index (κ3) is 2.93. The van der Waals surface area contributed by atoms with E-state index in [1.54, 1.807) is 0 Å².